The summed E-state index contributed by atoms with van der Waals surface area (Å²) in [5, 5.41) is 2.61. The lowest BCUT2D eigenvalue weighted by atomic mass is 10.5. The monoisotopic (exact) mass is 191 g/mol. The zero-order chi connectivity index (χ0) is 9.35. The summed E-state index contributed by atoms with van der Waals surface area (Å²) >= 11 is 0. The van der Waals surface area contributed by atoms with Gasteiger partial charge in [0.2, 0.25) is 0 Å². The van der Waals surface area contributed by atoms with Crippen molar-refractivity contribution >= 4 is 15.9 Å². The Morgan fingerprint density at radius 3 is 2.50 bits per heavy atom. The number of rotatable bonds is 2. The van der Waals surface area contributed by atoms with E-state index in [0.717, 1.165) is 6.26 Å². The number of nitrogen functional groups attached to an aromatic ring is 1. The quantitative estimate of drug-likeness (QED) is 0.692. The smallest absolute Gasteiger partial charge is 0.318 e. The van der Waals surface area contributed by atoms with Crippen LogP contribution in [-0.2, 0) is 9.84 Å². The van der Waals surface area contributed by atoms with E-state index < -0.39 is 15.1 Å². The first-order valence-corrected chi connectivity index (χ1v) is 5.14. The average Bonchev–Trinajstić information content (AvgIpc) is 2.32. The van der Waals surface area contributed by atoms with Crippen molar-refractivity contribution in [1.82, 2.24) is 10.1 Å². The molecular weight excluding hydrogens is 182 g/mol. The van der Waals surface area contributed by atoms with Crippen molar-refractivity contribution in [3.63, 3.8) is 0 Å². The Kier molecular flexibility index (Phi) is 2.05. The first-order valence-electron chi connectivity index (χ1n) is 3.19. The van der Waals surface area contributed by atoms with Crippen LogP contribution in [0.1, 0.15) is 18.0 Å². The molecule has 0 bridgehead atoms. The van der Waals surface area contributed by atoms with Gasteiger partial charge >= 0.3 is 6.01 Å². The third-order valence-corrected chi connectivity index (χ3v) is 2.96. The van der Waals surface area contributed by atoms with E-state index in [9.17, 15) is 8.42 Å². The van der Waals surface area contributed by atoms with Gasteiger partial charge in [0.1, 0.15) is 5.25 Å². The van der Waals surface area contributed by atoms with Crippen LogP contribution in [0.4, 0.5) is 6.01 Å². The predicted molar refractivity (Wildman–Crippen MR) is 42.0 cm³/mol. The highest BCUT2D eigenvalue weighted by atomic mass is 32.2. The Labute approximate surface area is 69.7 Å². The summed E-state index contributed by atoms with van der Waals surface area (Å²) in [4.78, 5) is 3.60. The van der Waals surface area contributed by atoms with Crippen molar-refractivity contribution in [1.29, 1.82) is 0 Å². The molecule has 1 atom stereocenters. The zero-order valence-corrected chi connectivity index (χ0v) is 7.50. The van der Waals surface area contributed by atoms with Crippen LogP contribution in [0.25, 0.3) is 0 Å². The molecule has 0 radical (unpaired) electrons. The largest absolute Gasteiger partial charge is 0.351 e. The Morgan fingerprint density at radius 1 is 1.58 bits per heavy atom. The SMILES string of the molecule is CC(c1noc(N)n1)S(C)(=O)=O. The minimum Gasteiger partial charge on any atom is -0.351 e. The maximum absolute atomic E-state index is 11.0. The van der Waals surface area contributed by atoms with E-state index in [1.807, 2.05) is 0 Å². The van der Waals surface area contributed by atoms with Gasteiger partial charge in [-0.15, -0.1) is 0 Å². The minimum absolute atomic E-state index is 0.0926. The van der Waals surface area contributed by atoms with E-state index in [1.165, 1.54) is 6.92 Å². The van der Waals surface area contributed by atoms with Crippen molar-refractivity contribution in [2.24, 2.45) is 0 Å². The van der Waals surface area contributed by atoms with Crippen LogP contribution in [0.5, 0.6) is 0 Å². The number of nitrogens with two attached hydrogens (primary N) is 1. The van der Waals surface area contributed by atoms with Crippen molar-refractivity contribution < 1.29 is 12.9 Å². The summed E-state index contributed by atoms with van der Waals surface area (Å²) in [6.07, 6.45) is 1.10. The fourth-order valence-electron chi connectivity index (χ4n) is 0.604. The molecule has 1 heterocycles. The minimum atomic E-state index is -3.18. The van der Waals surface area contributed by atoms with Crippen molar-refractivity contribution in [2.45, 2.75) is 12.2 Å². The van der Waals surface area contributed by atoms with E-state index in [-0.39, 0.29) is 11.8 Å². The summed E-state index contributed by atoms with van der Waals surface area (Å²) in [6.45, 7) is 1.47. The lowest BCUT2D eigenvalue weighted by molar-refractivity contribution is 0.426. The molecule has 1 unspecified atom stereocenters. The lowest BCUT2D eigenvalue weighted by Crippen LogP contribution is -2.09. The Balaban J connectivity index is 3.01. The molecule has 1 aromatic heterocycles. The maximum atomic E-state index is 11.0. The van der Waals surface area contributed by atoms with Crippen LogP contribution < -0.4 is 5.73 Å². The van der Waals surface area contributed by atoms with Crippen LogP contribution in [0.2, 0.25) is 0 Å². The van der Waals surface area contributed by atoms with Gasteiger partial charge in [-0.25, -0.2) is 8.42 Å². The van der Waals surface area contributed by atoms with Crippen LogP contribution in [0.3, 0.4) is 0 Å². The molecular formula is C5H9N3O3S. The molecule has 0 saturated carbocycles. The molecule has 12 heavy (non-hydrogen) atoms. The second-order valence-electron chi connectivity index (χ2n) is 2.46. The number of anilines is 1. The first kappa shape index (κ1) is 8.98. The van der Waals surface area contributed by atoms with Crippen molar-refractivity contribution in [2.75, 3.05) is 12.0 Å². The zero-order valence-electron chi connectivity index (χ0n) is 6.68. The van der Waals surface area contributed by atoms with Crippen molar-refractivity contribution in [3.8, 4) is 0 Å². The second kappa shape index (κ2) is 2.74. The van der Waals surface area contributed by atoms with Crippen LogP contribution in [0, 0.1) is 0 Å². The molecule has 0 amide bonds. The average molecular weight is 191 g/mol. The van der Waals surface area contributed by atoms with Crippen LogP contribution in [0.15, 0.2) is 4.52 Å². The summed E-state index contributed by atoms with van der Waals surface area (Å²) in [7, 11) is -3.18. The summed E-state index contributed by atoms with van der Waals surface area (Å²) in [5.74, 6) is 0.0926. The molecule has 0 spiro atoms. The summed E-state index contributed by atoms with van der Waals surface area (Å²) in [6, 6.07) is -0.125. The van der Waals surface area contributed by atoms with E-state index in [1.54, 1.807) is 0 Å². The maximum Gasteiger partial charge on any atom is 0.318 e. The van der Waals surface area contributed by atoms with E-state index >= 15 is 0 Å². The molecule has 0 saturated heterocycles. The number of sulfone groups is 1. The van der Waals surface area contributed by atoms with Gasteiger partial charge in [0, 0.05) is 6.26 Å². The lowest BCUT2D eigenvalue weighted by Gasteiger charge is -2.01. The van der Waals surface area contributed by atoms with E-state index in [2.05, 4.69) is 14.7 Å². The molecule has 1 rings (SSSR count). The molecule has 6 nitrogen and oxygen atoms in total. The number of hydrogen-bond donors (Lipinski definition) is 1. The van der Waals surface area contributed by atoms with Gasteiger partial charge in [0.25, 0.3) is 0 Å². The molecule has 0 aromatic carbocycles. The fraction of sp³-hybridized carbons (Fsp3) is 0.600. The van der Waals surface area contributed by atoms with Crippen LogP contribution >= 0.6 is 0 Å². The normalized spacial score (nSPS) is 14.5. The molecule has 0 aliphatic rings. The topological polar surface area (TPSA) is 99.1 Å². The summed E-state index contributed by atoms with van der Waals surface area (Å²) < 4.78 is 26.4. The van der Waals surface area contributed by atoms with Gasteiger partial charge in [-0.3, -0.25) is 0 Å². The third-order valence-electron chi connectivity index (χ3n) is 1.46. The van der Waals surface area contributed by atoms with Gasteiger partial charge in [-0.2, -0.15) is 4.98 Å². The Morgan fingerprint density at radius 2 is 2.17 bits per heavy atom. The first-order chi connectivity index (χ1) is 5.41. The molecule has 0 fully saturated rings. The third kappa shape index (κ3) is 1.73. The molecule has 1 aromatic rings. The Bertz CT molecular complexity index is 369. The van der Waals surface area contributed by atoms with Gasteiger partial charge in [0.05, 0.1) is 0 Å². The van der Waals surface area contributed by atoms with Crippen molar-refractivity contribution in [3.05, 3.63) is 5.82 Å². The fourth-order valence-corrected chi connectivity index (χ4v) is 1.08. The number of nitrogens with zero attached hydrogens (tertiary/aromatic N) is 2. The highest BCUT2D eigenvalue weighted by Gasteiger charge is 2.22. The molecule has 0 aliphatic heterocycles. The Hall–Kier alpha value is -1.11. The van der Waals surface area contributed by atoms with E-state index in [0.29, 0.717) is 0 Å². The molecule has 7 heteroatoms. The van der Waals surface area contributed by atoms with Gasteiger partial charge in [-0.1, -0.05) is 5.16 Å². The van der Waals surface area contributed by atoms with Gasteiger partial charge in [0.15, 0.2) is 15.7 Å². The molecule has 0 aliphatic carbocycles. The van der Waals surface area contributed by atoms with E-state index in [4.69, 9.17) is 5.73 Å². The highest BCUT2D eigenvalue weighted by Crippen LogP contribution is 2.17. The molecule has 68 valence electrons. The van der Waals surface area contributed by atoms with Gasteiger partial charge < -0.3 is 10.3 Å². The standard InChI is InChI=1S/C5H9N3O3S/c1-3(12(2,9)10)4-7-5(6)11-8-4/h3H,1-2H3,(H2,6,7,8). The predicted octanol–water partition coefficient (Wildman–Crippen LogP) is -0.243. The van der Waals surface area contributed by atoms with Gasteiger partial charge in [-0.05, 0) is 6.92 Å². The highest BCUT2D eigenvalue weighted by molar-refractivity contribution is 7.90. The number of hydrogen-bond acceptors (Lipinski definition) is 6. The summed E-state index contributed by atoms with van der Waals surface area (Å²) in [5.41, 5.74) is 5.12. The number of aromatic nitrogens is 2. The van der Waals surface area contributed by atoms with Crippen LogP contribution in [-0.4, -0.2) is 24.8 Å². The molecule has 2 N–H and O–H groups in total. The second-order valence-corrected chi connectivity index (χ2v) is 4.83.